The first-order valence-corrected chi connectivity index (χ1v) is 8.32. The van der Waals surface area contributed by atoms with E-state index in [0.717, 1.165) is 5.56 Å². The third-order valence-corrected chi connectivity index (χ3v) is 4.59. The Balaban J connectivity index is 1.90. The first-order chi connectivity index (χ1) is 10.8. The van der Waals surface area contributed by atoms with Gasteiger partial charge in [0.1, 0.15) is 0 Å². The van der Waals surface area contributed by atoms with Crippen molar-refractivity contribution in [2.24, 2.45) is 11.8 Å². The third kappa shape index (κ3) is 5.28. The Bertz CT molecular complexity index is 542. The van der Waals surface area contributed by atoms with Crippen molar-refractivity contribution in [2.75, 3.05) is 6.54 Å². The van der Waals surface area contributed by atoms with E-state index in [1.165, 1.54) is 0 Å². The van der Waals surface area contributed by atoms with E-state index in [2.05, 4.69) is 5.32 Å². The van der Waals surface area contributed by atoms with Gasteiger partial charge in [0.15, 0.2) is 0 Å². The lowest BCUT2D eigenvalue weighted by Gasteiger charge is -2.32. The molecule has 0 aromatic heterocycles. The highest BCUT2D eigenvalue weighted by atomic mass is 35.5. The number of alkyl halides is 3. The Morgan fingerprint density at radius 3 is 2.35 bits per heavy atom. The number of carbonyl (C=O) groups is 1. The Labute approximate surface area is 143 Å². The Hall–Kier alpha value is -0.940. The predicted octanol–water partition coefficient (Wildman–Crippen LogP) is 5.02. The molecular formula is C16H18Cl2F3NO. The summed E-state index contributed by atoms with van der Waals surface area (Å²) in [5, 5.41) is 3.59. The lowest BCUT2D eigenvalue weighted by molar-refractivity contribution is -0.198. The van der Waals surface area contributed by atoms with Crippen LogP contribution in [0.5, 0.6) is 0 Å². The molecule has 1 aromatic carbocycles. The maximum atomic E-state index is 13.0. The number of rotatable bonds is 4. The molecule has 0 bridgehead atoms. The molecule has 0 heterocycles. The van der Waals surface area contributed by atoms with Crippen LogP contribution < -0.4 is 5.32 Å². The maximum absolute atomic E-state index is 13.0. The molecule has 0 saturated heterocycles. The number of nitrogens with one attached hydrogen (secondary N) is 1. The van der Waals surface area contributed by atoms with Crippen LogP contribution in [0.4, 0.5) is 13.2 Å². The minimum absolute atomic E-state index is 0.0332. The quantitative estimate of drug-likeness (QED) is 0.794. The van der Waals surface area contributed by atoms with Gasteiger partial charge < -0.3 is 5.32 Å². The topological polar surface area (TPSA) is 29.1 Å². The summed E-state index contributed by atoms with van der Waals surface area (Å²) in [5.74, 6) is -3.02. The van der Waals surface area contributed by atoms with Crippen molar-refractivity contribution in [3.8, 4) is 0 Å². The van der Waals surface area contributed by atoms with E-state index in [9.17, 15) is 18.0 Å². The number of hydrogen-bond acceptors (Lipinski definition) is 1. The first-order valence-electron chi connectivity index (χ1n) is 7.57. The van der Waals surface area contributed by atoms with Gasteiger partial charge in [-0.1, -0.05) is 36.0 Å². The van der Waals surface area contributed by atoms with Crippen molar-refractivity contribution in [3.05, 3.63) is 33.8 Å². The molecule has 1 saturated carbocycles. The molecule has 7 heteroatoms. The summed E-state index contributed by atoms with van der Waals surface area (Å²) >= 11 is 11.8. The molecule has 1 aliphatic rings. The van der Waals surface area contributed by atoms with E-state index in [-0.39, 0.29) is 13.0 Å². The van der Waals surface area contributed by atoms with Gasteiger partial charge in [0.2, 0.25) is 5.91 Å². The number of carbonyl (C=O) groups excluding carboxylic acids is 1. The molecule has 1 amide bonds. The van der Waals surface area contributed by atoms with Gasteiger partial charge in [-0.3, -0.25) is 4.79 Å². The summed E-state index contributed by atoms with van der Waals surface area (Å²) in [4.78, 5) is 12.1. The zero-order valence-electron chi connectivity index (χ0n) is 12.4. The predicted molar refractivity (Wildman–Crippen MR) is 84.7 cm³/mol. The summed E-state index contributed by atoms with van der Waals surface area (Å²) in [6.07, 6.45) is -2.34. The number of halogens is 5. The third-order valence-electron chi connectivity index (χ3n) is 4.16. The average molecular weight is 368 g/mol. The molecule has 2 rings (SSSR count). The highest BCUT2D eigenvalue weighted by Gasteiger charge is 2.47. The number of amides is 1. The molecule has 2 nitrogen and oxygen atoms in total. The van der Waals surface area contributed by atoms with Crippen LogP contribution in [0, 0.1) is 11.8 Å². The van der Waals surface area contributed by atoms with Crippen LogP contribution >= 0.6 is 23.2 Å². The summed E-state index contributed by atoms with van der Waals surface area (Å²) in [6.45, 7) is 0.260. The second kappa shape index (κ2) is 7.75. The smallest absolute Gasteiger partial charge is 0.356 e. The Morgan fingerprint density at radius 1 is 1.13 bits per heavy atom. The van der Waals surface area contributed by atoms with Crippen LogP contribution in [-0.2, 0) is 11.2 Å². The summed E-state index contributed by atoms with van der Waals surface area (Å²) in [7, 11) is 0. The van der Waals surface area contributed by atoms with Crippen LogP contribution in [0.3, 0.4) is 0 Å². The molecule has 0 radical (unpaired) electrons. The minimum Gasteiger partial charge on any atom is -0.356 e. The van der Waals surface area contributed by atoms with Gasteiger partial charge >= 0.3 is 6.18 Å². The van der Waals surface area contributed by atoms with Crippen molar-refractivity contribution < 1.29 is 18.0 Å². The molecule has 1 aromatic rings. The second-order valence-electron chi connectivity index (χ2n) is 5.86. The van der Waals surface area contributed by atoms with Gasteiger partial charge in [0.05, 0.1) is 5.92 Å². The van der Waals surface area contributed by atoms with Crippen molar-refractivity contribution in [3.63, 3.8) is 0 Å². The molecule has 2 atom stereocenters. The molecule has 2 unspecified atom stereocenters. The minimum atomic E-state index is -4.32. The van der Waals surface area contributed by atoms with Crippen molar-refractivity contribution >= 4 is 29.1 Å². The highest BCUT2D eigenvalue weighted by molar-refractivity contribution is 6.34. The highest BCUT2D eigenvalue weighted by Crippen LogP contribution is 2.41. The van der Waals surface area contributed by atoms with Crippen molar-refractivity contribution in [1.82, 2.24) is 5.32 Å². The zero-order chi connectivity index (χ0) is 17.0. The average Bonchev–Trinajstić information content (AvgIpc) is 2.45. The van der Waals surface area contributed by atoms with Crippen LogP contribution in [0.2, 0.25) is 10.0 Å². The molecule has 1 aliphatic carbocycles. The van der Waals surface area contributed by atoms with E-state index in [1.807, 2.05) is 0 Å². The first kappa shape index (κ1) is 18.4. The number of benzene rings is 1. The normalized spacial score (nSPS) is 22.0. The van der Waals surface area contributed by atoms with Crippen LogP contribution in [0.1, 0.15) is 31.2 Å². The van der Waals surface area contributed by atoms with Crippen LogP contribution in [-0.4, -0.2) is 18.6 Å². The monoisotopic (exact) mass is 367 g/mol. The lowest BCUT2D eigenvalue weighted by Crippen LogP contribution is -2.43. The molecule has 128 valence electrons. The molecule has 0 aliphatic heterocycles. The van der Waals surface area contributed by atoms with E-state index >= 15 is 0 Å². The molecular weight excluding hydrogens is 350 g/mol. The Morgan fingerprint density at radius 2 is 1.74 bits per heavy atom. The van der Waals surface area contributed by atoms with Gasteiger partial charge in [0.25, 0.3) is 0 Å². The zero-order valence-corrected chi connectivity index (χ0v) is 13.9. The number of hydrogen-bond donors (Lipinski definition) is 1. The summed E-state index contributed by atoms with van der Waals surface area (Å²) < 4.78 is 39.1. The molecule has 23 heavy (non-hydrogen) atoms. The molecule has 1 fully saturated rings. The second-order valence-corrected chi connectivity index (χ2v) is 6.73. The van der Waals surface area contributed by atoms with Crippen molar-refractivity contribution in [2.45, 2.75) is 38.3 Å². The van der Waals surface area contributed by atoms with Crippen molar-refractivity contribution in [1.29, 1.82) is 0 Å². The fraction of sp³-hybridized carbons (Fsp3) is 0.562. The van der Waals surface area contributed by atoms with E-state index in [4.69, 9.17) is 23.2 Å². The van der Waals surface area contributed by atoms with E-state index in [1.54, 1.807) is 18.2 Å². The molecule has 0 spiro atoms. The maximum Gasteiger partial charge on any atom is 0.392 e. The van der Waals surface area contributed by atoms with E-state index in [0.29, 0.717) is 35.7 Å². The van der Waals surface area contributed by atoms with Gasteiger partial charge in [-0.05, 0) is 43.0 Å². The van der Waals surface area contributed by atoms with E-state index < -0.39 is 23.9 Å². The fourth-order valence-corrected chi connectivity index (χ4v) is 3.62. The van der Waals surface area contributed by atoms with Gasteiger partial charge in [0, 0.05) is 22.5 Å². The standard InChI is InChI=1S/C16H18Cl2F3NO/c17-11-7-10(8-12(18)9-11)5-6-22-15(23)13-3-1-2-4-14(13)16(19,20)21/h7-9,13-14H,1-6H2,(H,22,23). The van der Waals surface area contributed by atoms with Crippen LogP contribution in [0.15, 0.2) is 18.2 Å². The van der Waals surface area contributed by atoms with Gasteiger partial charge in [-0.25, -0.2) is 0 Å². The fourth-order valence-electron chi connectivity index (χ4n) is 3.05. The Kier molecular flexibility index (Phi) is 6.20. The van der Waals surface area contributed by atoms with Gasteiger partial charge in [-0.15, -0.1) is 0 Å². The summed E-state index contributed by atoms with van der Waals surface area (Å²) in [6, 6.07) is 5.04. The van der Waals surface area contributed by atoms with Crippen LogP contribution in [0.25, 0.3) is 0 Å². The van der Waals surface area contributed by atoms with Gasteiger partial charge in [-0.2, -0.15) is 13.2 Å². The SMILES string of the molecule is O=C(NCCc1cc(Cl)cc(Cl)c1)C1CCCCC1C(F)(F)F. The lowest BCUT2D eigenvalue weighted by atomic mass is 9.78. The largest absolute Gasteiger partial charge is 0.392 e. The molecule has 1 N–H and O–H groups in total. The summed E-state index contributed by atoms with van der Waals surface area (Å²) in [5.41, 5.74) is 0.832.